The number of H-pyrrole nitrogens is 1. The zero-order valence-corrected chi connectivity index (χ0v) is 14.6. The summed E-state index contributed by atoms with van der Waals surface area (Å²) in [7, 11) is 1.59. The number of hydrogen-bond acceptors (Lipinski definition) is 4. The van der Waals surface area contributed by atoms with E-state index in [0.717, 1.165) is 22.2 Å². The molecule has 1 heterocycles. The Morgan fingerprint density at radius 1 is 1.08 bits per heavy atom. The minimum absolute atomic E-state index is 0.242. The molecule has 0 spiro atoms. The van der Waals surface area contributed by atoms with Gasteiger partial charge >= 0.3 is 5.97 Å². The zero-order chi connectivity index (χ0) is 18.5. The van der Waals surface area contributed by atoms with Gasteiger partial charge in [-0.1, -0.05) is 30.3 Å². The van der Waals surface area contributed by atoms with E-state index in [1.165, 1.54) is 6.08 Å². The molecule has 1 aromatic heterocycles. The summed E-state index contributed by atoms with van der Waals surface area (Å²) in [6.45, 7) is 1.57. The molecule has 2 aromatic carbocycles. The summed E-state index contributed by atoms with van der Waals surface area (Å²) in [4.78, 5) is 27.6. The lowest BCUT2D eigenvalue weighted by molar-refractivity contribution is -0.140. The van der Waals surface area contributed by atoms with Crippen molar-refractivity contribution in [2.24, 2.45) is 0 Å². The van der Waals surface area contributed by atoms with Crippen LogP contribution in [0.4, 0.5) is 0 Å². The van der Waals surface area contributed by atoms with Crippen LogP contribution < -0.4 is 4.74 Å². The van der Waals surface area contributed by atoms with Crippen LogP contribution in [0, 0.1) is 0 Å². The third-order valence-electron chi connectivity index (χ3n) is 4.04. The maximum atomic E-state index is 12.6. The molecule has 0 aliphatic carbocycles. The standard InChI is InChI=1S/C21H19NO4/c1-14(21(24)18-13-22-19-6-4-3-5-17(18)19)26-20(23)12-9-15-7-10-16(25-2)11-8-15/h3-14,22H,1-2H3/b12-9+/t14-/m0/s1. The highest BCUT2D eigenvalue weighted by Crippen LogP contribution is 2.20. The summed E-state index contributed by atoms with van der Waals surface area (Å²) in [6, 6.07) is 14.7. The quantitative estimate of drug-likeness (QED) is 0.415. The first-order valence-corrected chi connectivity index (χ1v) is 8.21. The van der Waals surface area contributed by atoms with Gasteiger partial charge in [0.1, 0.15) is 5.75 Å². The van der Waals surface area contributed by atoms with E-state index in [-0.39, 0.29) is 5.78 Å². The number of ether oxygens (including phenoxy) is 2. The maximum absolute atomic E-state index is 12.6. The van der Waals surface area contributed by atoms with Crippen molar-refractivity contribution in [1.82, 2.24) is 4.98 Å². The third-order valence-corrected chi connectivity index (χ3v) is 4.04. The Kier molecular flexibility index (Phi) is 5.17. The second kappa shape index (κ2) is 7.70. The second-order valence-electron chi connectivity index (χ2n) is 5.80. The molecule has 1 atom stereocenters. The third kappa shape index (κ3) is 3.83. The minimum atomic E-state index is -0.873. The van der Waals surface area contributed by atoms with E-state index in [0.29, 0.717) is 5.56 Å². The van der Waals surface area contributed by atoms with Gasteiger partial charge in [0.25, 0.3) is 0 Å². The highest BCUT2D eigenvalue weighted by atomic mass is 16.5. The van der Waals surface area contributed by atoms with Crippen LogP contribution in [-0.2, 0) is 9.53 Å². The molecular weight excluding hydrogens is 330 g/mol. The fraction of sp³-hybridized carbons (Fsp3) is 0.143. The molecule has 132 valence electrons. The summed E-state index contributed by atoms with van der Waals surface area (Å²) < 4.78 is 10.3. The van der Waals surface area contributed by atoms with E-state index < -0.39 is 12.1 Å². The molecule has 5 nitrogen and oxygen atoms in total. The Labute approximate surface area is 151 Å². The smallest absolute Gasteiger partial charge is 0.331 e. The van der Waals surface area contributed by atoms with Gasteiger partial charge in [-0.2, -0.15) is 0 Å². The number of nitrogens with one attached hydrogen (secondary N) is 1. The minimum Gasteiger partial charge on any atom is -0.497 e. The van der Waals surface area contributed by atoms with Crippen LogP contribution in [0.1, 0.15) is 22.8 Å². The molecule has 3 aromatic rings. The van der Waals surface area contributed by atoms with Crippen LogP contribution in [0.15, 0.2) is 60.8 Å². The lowest BCUT2D eigenvalue weighted by Crippen LogP contribution is -2.23. The molecular formula is C21H19NO4. The Morgan fingerprint density at radius 3 is 2.54 bits per heavy atom. The lowest BCUT2D eigenvalue weighted by Gasteiger charge is -2.10. The number of fused-ring (bicyclic) bond motifs is 1. The second-order valence-corrected chi connectivity index (χ2v) is 5.80. The number of ketones is 1. The maximum Gasteiger partial charge on any atom is 0.331 e. The van der Waals surface area contributed by atoms with Gasteiger partial charge in [0.15, 0.2) is 6.10 Å². The Balaban J connectivity index is 1.64. The van der Waals surface area contributed by atoms with Crippen molar-refractivity contribution in [3.63, 3.8) is 0 Å². The molecule has 5 heteroatoms. The summed E-state index contributed by atoms with van der Waals surface area (Å²) in [5.74, 6) is -0.0715. The van der Waals surface area contributed by atoms with Crippen molar-refractivity contribution in [2.75, 3.05) is 7.11 Å². The average Bonchev–Trinajstić information content (AvgIpc) is 3.10. The van der Waals surface area contributed by atoms with Gasteiger partial charge in [0, 0.05) is 28.7 Å². The van der Waals surface area contributed by atoms with Gasteiger partial charge in [-0.3, -0.25) is 4.79 Å². The van der Waals surface area contributed by atoms with E-state index in [2.05, 4.69) is 4.98 Å². The molecule has 26 heavy (non-hydrogen) atoms. The highest BCUT2D eigenvalue weighted by molar-refractivity contribution is 6.10. The van der Waals surface area contributed by atoms with Crippen LogP contribution >= 0.6 is 0 Å². The number of carbonyl (C=O) groups is 2. The fourth-order valence-electron chi connectivity index (χ4n) is 2.64. The molecule has 0 radical (unpaired) electrons. The molecule has 3 rings (SSSR count). The van der Waals surface area contributed by atoms with Crippen molar-refractivity contribution in [1.29, 1.82) is 0 Å². The SMILES string of the molecule is COc1ccc(/C=C/C(=O)O[C@@H](C)C(=O)c2c[nH]c3ccccc23)cc1. The first-order chi connectivity index (χ1) is 12.6. The van der Waals surface area contributed by atoms with Crippen molar-refractivity contribution >= 4 is 28.7 Å². The number of para-hydroxylation sites is 1. The number of aromatic amines is 1. The van der Waals surface area contributed by atoms with Gasteiger partial charge in [-0.15, -0.1) is 0 Å². The fourth-order valence-corrected chi connectivity index (χ4v) is 2.64. The molecule has 0 unspecified atom stereocenters. The molecule has 0 aliphatic heterocycles. The van der Waals surface area contributed by atoms with Gasteiger partial charge in [-0.25, -0.2) is 4.79 Å². The molecule has 0 bridgehead atoms. The van der Waals surface area contributed by atoms with Crippen molar-refractivity contribution in [3.8, 4) is 5.75 Å². The van der Waals surface area contributed by atoms with Crippen LogP contribution in [-0.4, -0.2) is 30.0 Å². The van der Waals surface area contributed by atoms with E-state index in [1.807, 2.05) is 36.4 Å². The molecule has 0 saturated carbocycles. The molecule has 0 fully saturated rings. The van der Waals surface area contributed by atoms with Gasteiger partial charge < -0.3 is 14.5 Å². The number of aromatic nitrogens is 1. The molecule has 0 saturated heterocycles. The number of benzene rings is 2. The monoisotopic (exact) mass is 349 g/mol. The predicted molar refractivity (Wildman–Crippen MR) is 100 cm³/mol. The summed E-state index contributed by atoms with van der Waals surface area (Å²) in [6.07, 6.45) is 3.71. The predicted octanol–water partition coefficient (Wildman–Crippen LogP) is 4.00. The van der Waals surface area contributed by atoms with Crippen LogP contribution in [0.3, 0.4) is 0 Å². The zero-order valence-electron chi connectivity index (χ0n) is 14.6. The number of Topliss-reactive ketones (excluding diaryl/α,β-unsaturated/α-hetero) is 1. The van der Waals surface area contributed by atoms with Gasteiger partial charge in [-0.05, 0) is 36.8 Å². The number of hydrogen-bond donors (Lipinski definition) is 1. The van der Waals surface area contributed by atoms with Crippen molar-refractivity contribution < 1.29 is 19.1 Å². The molecule has 0 aliphatic rings. The topological polar surface area (TPSA) is 68.4 Å². The van der Waals surface area contributed by atoms with E-state index in [9.17, 15) is 9.59 Å². The van der Waals surface area contributed by atoms with E-state index >= 15 is 0 Å². The average molecular weight is 349 g/mol. The van der Waals surface area contributed by atoms with Gasteiger partial charge in [0.2, 0.25) is 5.78 Å². The molecule has 1 N–H and O–H groups in total. The lowest BCUT2D eigenvalue weighted by atomic mass is 10.1. The number of methoxy groups -OCH3 is 1. The van der Waals surface area contributed by atoms with Crippen LogP contribution in [0.5, 0.6) is 5.75 Å². The summed E-state index contributed by atoms with van der Waals surface area (Å²) in [5, 5.41) is 0.814. The summed E-state index contributed by atoms with van der Waals surface area (Å²) in [5.41, 5.74) is 2.21. The van der Waals surface area contributed by atoms with E-state index in [4.69, 9.17) is 9.47 Å². The van der Waals surface area contributed by atoms with Crippen molar-refractivity contribution in [2.45, 2.75) is 13.0 Å². The van der Waals surface area contributed by atoms with Crippen molar-refractivity contribution in [3.05, 3.63) is 71.9 Å². The Morgan fingerprint density at radius 2 is 1.81 bits per heavy atom. The first kappa shape index (κ1) is 17.5. The number of carbonyl (C=O) groups excluding carboxylic acids is 2. The number of rotatable bonds is 6. The number of esters is 1. The normalized spacial score (nSPS) is 12.2. The Bertz CT molecular complexity index is 954. The summed E-state index contributed by atoms with van der Waals surface area (Å²) >= 11 is 0. The molecule has 0 amide bonds. The Hall–Kier alpha value is -3.34. The van der Waals surface area contributed by atoms with Crippen LogP contribution in [0.2, 0.25) is 0 Å². The first-order valence-electron chi connectivity index (χ1n) is 8.21. The van der Waals surface area contributed by atoms with Gasteiger partial charge in [0.05, 0.1) is 7.11 Å². The van der Waals surface area contributed by atoms with Crippen LogP contribution in [0.25, 0.3) is 17.0 Å². The largest absolute Gasteiger partial charge is 0.497 e. The van der Waals surface area contributed by atoms with E-state index in [1.54, 1.807) is 38.4 Å². The highest BCUT2D eigenvalue weighted by Gasteiger charge is 2.21.